The third-order valence-corrected chi connectivity index (χ3v) is 5.85. The maximum Gasteiger partial charge on any atom is 0.0930 e. The molecule has 5 rings (SSSR count). The van der Waals surface area contributed by atoms with Gasteiger partial charge in [0, 0.05) is 17.3 Å². The summed E-state index contributed by atoms with van der Waals surface area (Å²) in [6.07, 6.45) is 12.0. The van der Waals surface area contributed by atoms with Crippen molar-refractivity contribution < 1.29 is 0 Å². The monoisotopic (exact) mass is 364 g/mol. The Balaban J connectivity index is 1.72. The standard InChI is InChI=1S/C26H24N2/c1-17-15-23(19-9-5-3-6-10-19)21-13-14-22-24(20-11-7-4-8-12-20)16-18(2)28-26(22)25(21)27-17/h3-11,15-16,20H,12-14H2,1-2H3. The van der Waals surface area contributed by atoms with Gasteiger partial charge in [0.25, 0.3) is 0 Å². The van der Waals surface area contributed by atoms with Crippen molar-refractivity contribution in [2.45, 2.75) is 39.0 Å². The van der Waals surface area contributed by atoms with Crippen molar-refractivity contribution in [3.8, 4) is 22.5 Å². The molecule has 0 amide bonds. The molecule has 2 heterocycles. The van der Waals surface area contributed by atoms with Gasteiger partial charge < -0.3 is 0 Å². The van der Waals surface area contributed by atoms with Crippen molar-refractivity contribution in [2.75, 3.05) is 0 Å². The average molecular weight is 364 g/mol. The van der Waals surface area contributed by atoms with Crippen molar-refractivity contribution in [2.24, 2.45) is 0 Å². The Labute approximate surface area is 166 Å². The van der Waals surface area contributed by atoms with Gasteiger partial charge in [-0.05, 0) is 73.1 Å². The Hall–Kier alpha value is -3.00. The van der Waals surface area contributed by atoms with Gasteiger partial charge in [-0.3, -0.25) is 9.97 Å². The molecule has 0 spiro atoms. The molecule has 2 nitrogen and oxygen atoms in total. The summed E-state index contributed by atoms with van der Waals surface area (Å²) in [7, 11) is 0. The van der Waals surface area contributed by atoms with E-state index in [1.54, 1.807) is 0 Å². The van der Waals surface area contributed by atoms with Gasteiger partial charge in [-0.25, -0.2) is 0 Å². The number of hydrogen-bond acceptors (Lipinski definition) is 2. The van der Waals surface area contributed by atoms with E-state index in [0.29, 0.717) is 5.92 Å². The van der Waals surface area contributed by atoms with Gasteiger partial charge in [-0.1, -0.05) is 54.6 Å². The average Bonchev–Trinajstić information content (AvgIpc) is 2.74. The molecule has 3 aromatic rings. The zero-order valence-electron chi connectivity index (χ0n) is 16.4. The first-order valence-corrected chi connectivity index (χ1v) is 10.1. The molecule has 0 N–H and O–H groups in total. The van der Waals surface area contributed by atoms with E-state index in [-0.39, 0.29) is 0 Å². The summed E-state index contributed by atoms with van der Waals surface area (Å²) in [5.41, 5.74) is 11.0. The molecule has 0 fully saturated rings. The van der Waals surface area contributed by atoms with E-state index in [4.69, 9.17) is 9.97 Å². The SMILES string of the molecule is Cc1cc(-c2ccccc2)c2c(n1)-c1nc(C)cc(C3C=CC=CC3)c1CC2. The number of nitrogens with zero attached hydrogens (tertiary/aromatic N) is 2. The van der Waals surface area contributed by atoms with E-state index >= 15 is 0 Å². The number of aryl methyl sites for hydroxylation is 2. The minimum atomic E-state index is 0.445. The van der Waals surface area contributed by atoms with Crippen molar-refractivity contribution >= 4 is 0 Å². The predicted octanol–water partition coefficient (Wildman–Crippen LogP) is 6.13. The summed E-state index contributed by atoms with van der Waals surface area (Å²) in [4.78, 5) is 9.96. The van der Waals surface area contributed by atoms with Crippen LogP contribution in [0.1, 0.15) is 40.4 Å². The van der Waals surface area contributed by atoms with Crippen LogP contribution in [0, 0.1) is 13.8 Å². The largest absolute Gasteiger partial charge is 0.251 e. The highest BCUT2D eigenvalue weighted by Gasteiger charge is 2.27. The number of aromatic nitrogens is 2. The second kappa shape index (κ2) is 6.87. The summed E-state index contributed by atoms with van der Waals surface area (Å²) in [6, 6.07) is 15.2. The van der Waals surface area contributed by atoms with Crippen LogP contribution in [0.4, 0.5) is 0 Å². The first-order valence-electron chi connectivity index (χ1n) is 10.1. The van der Waals surface area contributed by atoms with Crippen molar-refractivity contribution in [3.05, 3.63) is 94.8 Å². The van der Waals surface area contributed by atoms with E-state index < -0.39 is 0 Å². The molecule has 138 valence electrons. The number of rotatable bonds is 2. The molecule has 2 heteroatoms. The lowest BCUT2D eigenvalue weighted by molar-refractivity contribution is 0.804. The molecule has 2 aliphatic rings. The van der Waals surface area contributed by atoms with E-state index in [2.05, 4.69) is 80.6 Å². The smallest absolute Gasteiger partial charge is 0.0930 e. The number of hydrogen-bond donors (Lipinski definition) is 0. The minimum Gasteiger partial charge on any atom is -0.251 e. The lowest BCUT2D eigenvalue weighted by atomic mass is 9.81. The van der Waals surface area contributed by atoms with Crippen LogP contribution in [0.2, 0.25) is 0 Å². The lowest BCUT2D eigenvalue weighted by Gasteiger charge is -2.26. The lowest BCUT2D eigenvalue weighted by Crippen LogP contribution is -2.14. The number of fused-ring (bicyclic) bond motifs is 3. The molecule has 2 aromatic heterocycles. The Kier molecular flexibility index (Phi) is 4.20. The molecule has 1 atom stereocenters. The normalized spacial score (nSPS) is 17.3. The van der Waals surface area contributed by atoms with Crippen LogP contribution in [0.5, 0.6) is 0 Å². The fourth-order valence-corrected chi connectivity index (χ4v) is 4.60. The van der Waals surface area contributed by atoms with Crippen LogP contribution in [-0.2, 0) is 12.8 Å². The van der Waals surface area contributed by atoms with Crippen LogP contribution >= 0.6 is 0 Å². The van der Waals surface area contributed by atoms with Crippen molar-refractivity contribution in [1.82, 2.24) is 9.97 Å². The zero-order valence-corrected chi connectivity index (χ0v) is 16.4. The van der Waals surface area contributed by atoms with Gasteiger partial charge >= 0.3 is 0 Å². The fourth-order valence-electron chi connectivity index (χ4n) is 4.60. The summed E-state index contributed by atoms with van der Waals surface area (Å²) in [6.45, 7) is 4.20. The minimum absolute atomic E-state index is 0.445. The molecule has 0 aliphatic heterocycles. The van der Waals surface area contributed by atoms with E-state index in [9.17, 15) is 0 Å². The van der Waals surface area contributed by atoms with Gasteiger partial charge in [0.2, 0.25) is 0 Å². The van der Waals surface area contributed by atoms with Gasteiger partial charge in [0.1, 0.15) is 0 Å². The van der Waals surface area contributed by atoms with E-state index in [0.717, 1.165) is 42.0 Å². The Morgan fingerprint density at radius 2 is 1.54 bits per heavy atom. The predicted molar refractivity (Wildman–Crippen MR) is 115 cm³/mol. The highest BCUT2D eigenvalue weighted by atomic mass is 14.8. The summed E-state index contributed by atoms with van der Waals surface area (Å²) in [5.74, 6) is 0.445. The van der Waals surface area contributed by atoms with Crippen molar-refractivity contribution in [1.29, 1.82) is 0 Å². The van der Waals surface area contributed by atoms with Gasteiger partial charge in [-0.15, -0.1) is 0 Å². The van der Waals surface area contributed by atoms with Crippen LogP contribution in [0.3, 0.4) is 0 Å². The Morgan fingerprint density at radius 1 is 0.821 bits per heavy atom. The highest BCUT2D eigenvalue weighted by Crippen LogP contribution is 2.41. The molecular weight excluding hydrogens is 340 g/mol. The van der Waals surface area contributed by atoms with Crippen molar-refractivity contribution in [3.63, 3.8) is 0 Å². The molecular formula is C26H24N2. The molecule has 1 unspecified atom stereocenters. The fraction of sp³-hybridized carbons (Fsp3) is 0.231. The van der Waals surface area contributed by atoms with Crippen LogP contribution in [-0.4, -0.2) is 9.97 Å². The van der Waals surface area contributed by atoms with E-state index in [1.165, 1.54) is 27.8 Å². The highest BCUT2D eigenvalue weighted by molar-refractivity contribution is 5.78. The first kappa shape index (κ1) is 17.1. The van der Waals surface area contributed by atoms with Crippen LogP contribution in [0.25, 0.3) is 22.5 Å². The molecule has 0 saturated heterocycles. The first-order chi connectivity index (χ1) is 13.7. The second-order valence-corrected chi connectivity index (χ2v) is 7.84. The number of benzene rings is 1. The molecule has 28 heavy (non-hydrogen) atoms. The third kappa shape index (κ3) is 2.90. The summed E-state index contributed by atoms with van der Waals surface area (Å²) < 4.78 is 0. The number of pyridine rings is 2. The maximum absolute atomic E-state index is 4.98. The van der Waals surface area contributed by atoms with Crippen LogP contribution in [0.15, 0.2) is 66.8 Å². The molecule has 0 saturated carbocycles. The van der Waals surface area contributed by atoms with Gasteiger partial charge in [0.05, 0.1) is 11.4 Å². The zero-order chi connectivity index (χ0) is 19.1. The van der Waals surface area contributed by atoms with Crippen LogP contribution < -0.4 is 0 Å². The Bertz CT molecular complexity index is 1110. The maximum atomic E-state index is 4.98. The topological polar surface area (TPSA) is 25.8 Å². The molecule has 0 bridgehead atoms. The molecule has 1 aromatic carbocycles. The third-order valence-electron chi connectivity index (χ3n) is 5.85. The Morgan fingerprint density at radius 3 is 2.29 bits per heavy atom. The molecule has 2 aliphatic carbocycles. The number of allylic oxidation sites excluding steroid dienone is 4. The van der Waals surface area contributed by atoms with E-state index in [1.807, 2.05) is 0 Å². The summed E-state index contributed by atoms with van der Waals surface area (Å²) >= 11 is 0. The second-order valence-electron chi connectivity index (χ2n) is 7.84. The molecule has 0 radical (unpaired) electrons. The quantitative estimate of drug-likeness (QED) is 0.547. The summed E-state index contributed by atoms with van der Waals surface area (Å²) in [5, 5.41) is 0. The van der Waals surface area contributed by atoms with Gasteiger partial charge in [0.15, 0.2) is 0 Å². The van der Waals surface area contributed by atoms with Gasteiger partial charge in [-0.2, -0.15) is 0 Å².